The molecule has 0 spiro atoms. The second-order valence-corrected chi connectivity index (χ2v) is 3.88. The van der Waals surface area contributed by atoms with E-state index in [1.807, 2.05) is 0 Å². The first-order valence-corrected chi connectivity index (χ1v) is 5.69. The van der Waals surface area contributed by atoms with Crippen molar-refractivity contribution in [2.75, 3.05) is 24.2 Å². The molecule has 0 unspecified atom stereocenters. The molecule has 1 aromatic carbocycles. The molecule has 0 aliphatic carbocycles. The van der Waals surface area contributed by atoms with Gasteiger partial charge >= 0.3 is 0 Å². The van der Waals surface area contributed by atoms with Crippen LogP contribution in [-0.4, -0.2) is 24.2 Å². The Kier molecular flexibility index (Phi) is 5.29. The molecule has 1 rings (SSSR count). The largest absolute Gasteiger partial charge is 0.397 e. The van der Waals surface area contributed by atoms with Crippen LogP contribution in [0.1, 0.15) is 29.6 Å². The topological polar surface area (TPSA) is 101 Å². The standard InChI is InChI=1S/C12H19N3O2/c13-10-8-9(12(14)17)4-5-11(10)15-6-2-1-3-7-16/h4-5,8,15-16H,1-3,6-7,13H2,(H2,14,17). The van der Waals surface area contributed by atoms with Crippen LogP contribution in [0, 0.1) is 0 Å². The van der Waals surface area contributed by atoms with Crippen LogP contribution in [0.2, 0.25) is 0 Å². The summed E-state index contributed by atoms with van der Waals surface area (Å²) in [5, 5.41) is 11.8. The van der Waals surface area contributed by atoms with Crippen LogP contribution in [0.4, 0.5) is 11.4 Å². The van der Waals surface area contributed by atoms with Gasteiger partial charge in [-0.15, -0.1) is 0 Å². The Morgan fingerprint density at radius 1 is 1.29 bits per heavy atom. The Hall–Kier alpha value is -1.75. The minimum absolute atomic E-state index is 0.232. The Balaban J connectivity index is 2.46. The van der Waals surface area contributed by atoms with Crippen molar-refractivity contribution in [3.63, 3.8) is 0 Å². The molecule has 94 valence electrons. The first-order valence-electron chi connectivity index (χ1n) is 5.69. The van der Waals surface area contributed by atoms with Crippen molar-refractivity contribution in [3.05, 3.63) is 23.8 Å². The van der Waals surface area contributed by atoms with Gasteiger partial charge < -0.3 is 21.9 Å². The minimum Gasteiger partial charge on any atom is -0.397 e. The second-order valence-electron chi connectivity index (χ2n) is 3.88. The summed E-state index contributed by atoms with van der Waals surface area (Å²) < 4.78 is 0. The molecule has 5 nitrogen and oxygen atoms in total. The predicted molar refractivity (Wildman–Crippen MR) is 68.8 cm³/mol. The maximum absolute atomic E-state index is 10.9. The van der Waals surface area contributed by atoms with Crippen LogP contribution in [-0.2, 0) is 0 Å². The van der Waals surface area contributed by atoms with Crippen molar-refractivity contribution >= 4 is 17.3 Å². The van der Waals surface area contributed by atoms with Crippen molar-refractivity contribution in [3.8, 4) is 0 Å². The fraction of sp³-hybridized carbons (Fsp3) is 0.417. The lowest BCUT2D eigenvalue weighted by molar-refractivity contribution is 0.100. The van der Waals surface area contributed by atoms with Gasteiger partial charge in [-0.2, -0.15) is 0 Å². The lowest BCUT2D eigenvalue weighted by atomic mass is 10.1. The number of amides is 1. The lowest BCUT2D eigenvalue weighted by Gasteiger charge is -2.09. The van der Waals surface area contributed by atoms with Gasteiger partial charge in [-0.05, 0) is 37.5 Å². The van der Waals surface area contributed by atoms with Gasteiger partial charge in [-0.3, -0.25) is 4.79 Å². The number of benzene rings is 1. The molecule has 0 fully saturated rings. The molecule has 0 aromatic heterocycles. The van der Waals surface area contributed by atoms with Crippen molar-refractivity contribution in [1.82, 2.24) is 0 Å². The van der Waals surface area contributed by atoms with Crippen LogP contribution in [0.5, 0.6) is 0 Å². The molecule has 1 amide bonds. The van der Waals surface area contributed by atoms with Crippen molar-refractivity contribution < 1.29 is 9.90 Å². The Labute approximate surface area is 101 Å². The third-order valence-electron chi connectivity index (χ3n) is 2.49. The molecule has 0 saturated carbocycles. The minimum atomic E-state index is -0.480. The number of unbranched alkanes of at least 4 members (excludes halogenated alkanes) is 2. The maximum Gasteiger partial charge on any atom is 0.248 e. The number of rotatable bonds is 7. The van der Waals surface area contributed by atoms with Crippen LogP contribution in [0.25, 0.3) is 0 Å². The van der Waals surface area contributed by atoms with E-state index in [1.165, 1.54) is 0 Å². The van der Waals surface area contributed by atoms with Crippen LogP contribution < -0.4 is 16.8 Å². The second kappa shape index (κ2) is 6.75. The van der Waals surface area contributed by atoms with E-state index in [0.717, 1.165) is 31.5 Å². The average Bonchev–Trinajstić information content (AvgIpc) is 2.30. The monoisotopic (exact) mass is 237 g/mol. The van der Waals surface area contributed by atoms with Gasteiger partial charge in [0.1, 0.15) is 0 Å². The zero-order chi connectivity index (χ0) is 12.7. The molecular formula is C12H19N3O2. The number of primary amides is 1. The summed E-state index contributed by atoms with van der Waals surface area (Å²) in [5.74, 6) is -0.480. The number of aliphatic hydroxyl groups is 1. The lowest BCUT2D eigenvalue weighted by Crippen LogP contribution is -2.12. The van der Waals surface area contributed by atoms with Crippen molar-refractivity contribution in [1.29, 1.82) is 0 Å². The van der Waals surface area contributed by atoms with Gasteiger partial charge in [0, 0.05) is 18.7 Å². The predicted octanol–water partition coefficient (Wildman–Crippen LogP) is 0.942. The van der Waals surface area contributed by atoms with Crippen LogP contribution >= 0.6 is 0 Å². The van der Waals surface area contributed by atoms with Gasteiger partial charge in [-0.25, -0.2) is 0 Å². The summed E-state index contributed by atoms with van der Waals surface area (Å²) in [7, 11) is 0. The summed E-state index contributed by atoms with van der Waals surface area (Å²) in [6.07, 6.45) is 2.76. The van der Waals surface area contributed by atoms with E-state index < -0.39 is 5.91 Å². The molecule has 0 heterocycles. The smallest absolute Gasteiger partial charge is 0.248 e. The zero-order valence-corrected chi connectivity index (χ0v) is 9.78. The molecule has 0 aliphatic rings. The first-order chi connectivity index (χ1) is 8.15. The van der Waals surface area contributed by atoms with Gasteiger partial charge in [0.25, 0.3) is 0 Å². The number of aliphatic hydroxyl groups excluding tert-OH is 1. The highest BCUT2D eigenvalue weighted by Crippen LogP contribution is 2.19. The highest BCUT2D eigenvalue weighted by Gasteiger charge is 2.04. The van der Waals surface area contributed by atoms with E-state index in [0.29, 0.717) is 11.3 Å². The highest BCUT2D eigenvalue weighted by molar-refractivity contribution is 5.94. The molecule has 0 bridgehead atoms. The Bertz CT molecular complexity index is 380. The van der Waals surface area contributed by atoms with E-state index in [1.54, 1.807) is 18.2 Å². The van der Waals surface area contributed by atoms with Gasteiger partial charge in [-0.1, -0.05) is 0 Å². The fourth-order valence-electron chi connectivity index (χ4n) is 1.51. The van der Waals surface area contributed by atoms with E-state index >= 15 is 0 Å². The average molecular weight is 237 g/mol. The molecule has 0 saturated heterocycles. The van der Waals surface area contributed by atoms with E-state index in [-0.39, 0.29) is 6.61 Å². The quantitative estimate of drug-likeness (QED) is 0.419. The molecule has 6 N–H and O–H groups in total. The van der Waals surface area contributed by atoms with Crippen molar-refractivity contribution in [2.45, 2.75) is 19.3 Å². The van der Waals surface area contributed by atoms with Gasteiger partial charge in [0.05, 0.1) is 11.4 Å². The molecule has 0 radical (unpaired) electrons. The number of anilines is 2. The molecule has 1 aromatic rings. The summed E-state index contributed by atoms with van der Waals surface area (Å²) in [6, 6.07) is 4.97. The highest BCUT2D eigenvalue weighted by atomic mass is 16.2. The molecule has 17 heavy (non-hydrogen) atoms. The van der Waals surface area contributed by atoms with Crippen molar-refractivity contribution in [2.24, 2.45) is 5.73 Å². The number of nitrogen functional groups attached to an aromatic ring is 1. The normalized spacial score (nSPS) is 10.2. The summed E-state index contributed by atoms with van der Waals surface area (Å²) >= 11 is 0. The first kappa shape index (κ1) is 13.3. The van der Waals surface area contributed by atoms with E-state index in [4.69, 9.17) is 16.6 Å². The number of hydrogen-bond acceptors (Lipinski definition) is 4. The molecule has 0 aliphatic heterocycles. The Morgan fingerprint density at radius 3 is 2.65 bits per heavy atom. The molecule has 5 heteroatoms. The van der Waals surface area contributed by atoms with E-state index in [9.17, 15) is 4.79 Å². The number of carbonyl (C=O) groups is 1. The van der Waals surface area contributed by atoms with Gasteiger partial charge in [0.2, 0.25) is 5.91 Å². The SMILES string of the molecule is NC(=O)c1ccc(NCCCCCO)c(N)c1. The summed E-state index contributed by atoms with van der Waals surface area (Å²) in [4.78, 5) is 10.9. The Morgan fingerprint density at radius 2 is 2.06 bits per heavy atom. The van der Waals surface area contributed by atoms with E-state index in [2.05, 4.69) is 5.32 Å². The maximum atomic E-state index is 10.9. The zero-order valence-electron chi connectivity index (χ0n) is 9.78. The summed E-state index contributed by atoms with van der Waals surface area (Å²) in [5.41, 5.74) is 12.7. The number of nitrogens with two attached hydrogens (primary N) is 2. The van der Waals surface area contributed by atoms with Crippen LogP contribution in [0.3, 0.4) is 0 Å². The fourth-order valence-corrected chi connectivity index (χ4v) is 1.51. The number of carbonyl (C=O) groups excluding carboxylic acids is 1. The number of nitrogens with one attached hydrogen (secondary N) is 1. The molecule has 0 atom stereocenters. The van der Waals surface area contributed by atoms with Gasteiger partial charge in [0.15, 0.2) is 0 Å². The number of hydrogen-bond donors (Lipinski definition) is 4. The van der Waals surface area contributed by atoms with Crippen LogP contribution in [0.15, 0.2) is 18.2 Å². The third-order valence-corrected chi connectivity index (χ3v) is 2.49. The summed E-state index contributed by atoms with van der Waals surface area (Å²) in [6.45, 7) is 1.02. The molecular weight excluding hydrogens is 218 g/mol. The third kappa shape index (κ3) is 4.32.